The molecule has 0 aliphatic carbocycles. The van der Waals surface area contributed by atoms with E-state index < -0.39 is 11.2 Å². The summed E-state index contributed by atoms with van der Waals surface area (Å²) in [5.41, 5.74) is 0.463. The highest BCUT2D eigenvalue weighted by Gasteiger charge is 2.18. The van der Waals surface area contributed by atoms with Crippen LogP contribution in [0.2, 0.25) is 0 Å². The quantitative estimate of drug-likeness (QED) is 0.662. The standard InChI is InChI=1S/C11H13N7O2/c1-4-18-9-7(10(19)14-11(18)20)16(2)8(13-9)6-5-12-15-17(6)3/h5H,4H2,1-3H3,(H,14,19,20). The van der Waals surface area contributed by atoms with Gasteiger partial charge in [0.15, 0.2) is 17.0 Å². The van der Waals surface area contributed by atoms with Crippen molar-refractivity contribution < 1.29 is 0 Å². The van der Waals surface area contributed by atoms with E-state index in [1.807, 2.05) is 6.92 Å². The van der Waals surface area contributed by atoms with E-state index in [-0.39, 0.29) is 0 Å². The summed E-state index contributed by atoms with van der Waals surface area (Å²) in [6.45, 7) is 2.24. The van der Waals surface area contributed by atoms with Crippen molar-refractivity contribution in [3.8, 4) is 11.5 Å². The van der Waals surface area contributed by atoms with Gasteiger partial charge >= 0.3 is 5.69 Å². The number of aromatic nitrogens is 7. The summed E-state index contributed by atoms with van der Waals surface area (Å²) in [6.07, 6.45) is 1.56. The van der Waals surface area contributed by atoms with Crippen molar-refractivity contribution in [1.29, 1.82) is 0 Å². The second kappa shape index (κ2) is 4.15. The highest BCUT2D eigenvalue weighted by atomic mass is 16.2. The molecule has 3 heterocycles. The van der Waals surface area contributed by atoms with Crippen LogP contribution in [0, 0.1) is 0 Å². The molecule has 0 atom stereocenters. The second-order valence-electron chi connectivity index (χ2n) is 4.41. The molecule has 20 heavy (non-hydrogen) atoms. The Balaban J connectivity index is 2.47. The van der Waals surface area contributed by atoms with Crippen molar-refractivity contribution in [3.63, 3.8) is 0 Å². The van der Waals surface area contributed by atoms with Gasteiger partial charge in [0.1, 0.15) is 5.69 Å². The lowest BCUT2D eigenvalue weighted by atomic mass is 10.4. The first kappa shape index (κ1) is 12.3. The lowest BCUT2D eigenvalue weighted by Gasteiger charge is -2.01. The van der Waals surface area contributed by atoms with Gasteiger partial charge in [0.2, 0.25) is 0 Å². The molecule has 0 aliphatic rings. The number of aromatic amines is 1. The molecule has 3 aromatic heterocycles. The van der Waals surface area contributed by atoms with Gasteiger partial charge in [0, 0.05) is 20.6 Å². The summed E-state index contributed by atoms with van der Waals surface area (Å²) in [6, 6.07) is 0. The van der Waals surface area contributed by atoms with Gasteiger partial charge in [0.05, 0.1) is 6.20 Å². The largest absolute Gasteiger partial charge is 0.330 e. The number of nitrogens with one attached hydrogen (secondary N) is 1. The fourth-order valence-corrected chi connectivity index (χ4v) is 2.26. The highest BCUT2D eigenvalue weighted by Crippen LogP contribution is 2.19. The number of imidazole rings is 1. The predicted molar refractivity (Wildman–Crippen MR) is 71.3 cm³/mol. The van der Waals surface area contributed by atoms with E-state index in [9.17, 15) is 9.59 Å². The third kappa shape index (κ3) is 1.52. The molecule has 1 N–H and O–H groups in total. The Morgan fingerprint density at radius 1 is 1.30 bits per heavy atom. The van der Waals surface area contributed by atoms with Crippen LogP contribution < -0.4 is 11.2 Å². The number of nitrogens with zero attached hydrogens (tertiary/aromatic N) is 6. The molecule has 0 aromatic carbocycles. The van der Waals surface area contributed by atoms with E-state index in [0.29, 0.717) is 29.2 Å². The Labute approximate surface area is 112 Å². The minimum absolute atomic E-state index is 0.350. The van der Waals surface area contributed by atoms with Crippen LogP contribution in [0.1, 0.15) is 6.92 Å². The van der Waals surface area contributed by atoms with Crippen LogP contribution in [0.4, 0.5) is 0 Å². The van der Waals surface area contributed by atoms with Crippen molar-refractivity contribution in [3.05, 3.63) is 27.0 Å². The maximum Gasteiger partial charge on any atom is 0.330 e. The molecule has 3 aromatic rings. The first-order valence-electron chi connectivity index (χ1n) is 6.09. The van der Waals surface area contributed by atoms with Crippen LogP contribution >= 0.6 is 0 Å². The molecular formula is C11H13N7O2. The molecule has 0 fully saturated rings. The maximum atomic E-state index is 12.0. The highest BCUT2D eigenvalue weighted by molar-refractivity contribution is 5.75. The van der Waals surface area contributed by atoms with Gasteiger partial charge in [-0.25, -0.2) is 14.5 Å². The first-order valence-corrected chi connectivity index (χ1v) is 6.09. The molecule has 104 valence electrons. The predicted octanol–water partition coefficient (Wildman–Crippen LogP) is -0.761. The van der Waals surface area contributed by atoms with E-state index in [2.05, 4.69) is 20.3 Å². The Morgan fingerprint density at radius 2 is 2.05 bits per heavy atom. The van der Waals surface area contributed by atoms with Crippen molar-refractivity contribution in [2.24, 2.45) is 14.1 Å². The summed E-state index contributed by atoms with van der Waals surface area (Å²) in [5, 5.41) is 7.64. The maximum absolute atomic E-state index is 12.0. The summed E-state index contributed by atoms with van der Waals surface area (Å²) >= 11 is 0. The zero-order valence-electron chi connectivity index (χ0n) is 11.3. The van der Waals surface area contributed by atoms with Gasteiger partial charge < -0.3 is 4.57 Å². The van der Waals surface area contributed by atoms with Crippen molar-refractivity contribution in [2.45, 2.75) is 13.5 Å². The fraction of sp³-hybridized carbons (Fsp3) is 0.364. The zero-order chi connectivity index (χ0) is 14.4. The molecule has 0 saturated carbocycles. The Bertz CT molecular complexity index is 911. The summed E-state index contributed by atoms with van der Waals surface area (Å²) in [5.74, 6) is 0.533. The molecule has 0 aliphatic heterocycles. The average molecular weight is 275 g/mol. The van der Waals surface area contributed by atoms with Gasteiger partial charge in [0.25, 0.3) is 5.56 Å². The van der Waals surface area contributed by atoms with Gasteiger partial charge in [-0.05, 0) is 6.92 Å². The van der Waals surface area contributed by atoms with Crippen LogP contribution in [0.25, 0.3) is 22.7 Å². The van der Waals surface area contributed by atoms with Gasteiger partial charge in [-0.3, -0.25) is 14.3 Å². The second-order valence-corrected chi connectivity index (χ2v) is 4.41. The van der Waals surface area contributed by atoms with E-state index in [4.69, 9.17) is 0 Å². The van der Waals surface area contributed by atoms with Crippen LogP contribution in [0.5, 0.6) is 0 Å². The number of aryl methyl sites for hydroxylation is 3. The monoisotopic (exact) mass is 275 g/mol. The summed E-state index contributed by atoms with van der Waals surface area (Å²) in [4.78, 5) is 30.5. The average Bonchev–Trinajstić information content (AvgIpc) is 2.94. The molecule has 0 amide bonds. The van der Waals surface area contributed by atoms with Crippen LogP contribution in [0.3, 0.4) is 0 Å². The normalized spacial score (nSPS) is 11.3. The molecule has 0 bridgehead atoms. The summed E-state index contributed by atoms with van der Waals surface area (Å²) < 4.78 is 4.62. The zero-order valence-corrected chi connectivity index (χ0v) is 11.3. The van der Waals surface area contributed by atoms with Crippen molar-refractivity contribution >= 4 is 11.2 Å². The lowest BCUT2D eigenvalue weighted by molar-refractivity contribution is 0.713. The molecule has 0 spiro atoms. The molecule has 9 nitrogen and oxygen atoms in total. The Morgan fingerprint density at radius 3 is 2.65 bits per heavy atom. The van der Waals surface area contributed by atoms with E-state index in [1.54, 1.807) is 29.5 Å². The van der Waals surface area contributed by atoms with E-state index in [1.165, 1.54) is 4.57 Å². The number of H-pyrrole nitrogens is 1. The van der Waals surface area contributed by atoms with Crippen LogP contribution in [-0.2, 0) is 20.6 Å². The minimum Gasteiger partial charge on any atom is -0.320 e. The van der Waals surface area contributed by atoms with Gasteiger partial charge in [-0.1, -0.05) is 5.21 Å². The number of hydrogen-bond donors (Lipinski definition) is 1. The van der Waals surface area contributed by atoms with Gasteiger partial charge in [-0.15, -0.1) is 5.10 Å². The molecule has 0 saturated heterocycles. The molecule has 3 rings (SSSR count). The number of hydrogen-bond acceptors (Lipinski definition) is 5. The SMILES string of the molecule is CCn1c(=O)[nH]c(=O)c2c1nc(-c1cnnn1C)n2C. The smallest absolute Gasteiger partial charge is 0.320 e. The Kier molecular flexibility index (Phi) is 2.56. The fourth-order valence-electron chi connectivity index (χ4n) is 2.26. The molecule has 0 unspecified atom stereocenters. The minimum atomic E-state index is -0.460. The summed E-state index contributed by atoms with van der Waals surface area (Å²) in [7, 11) is 3.45. The topological polar surface area (TPSA) is 103 Å². The first-order chi connectivity index (χ1) is 9.54. The lowest BCUT2D eigenvalue weighted by Crippen LogP contribution is -2.30. The third-order valence-corrected chi connectivity index (χ3v) is 3.27. The molecular weight excluding hydrogens is 262 g/mol. The number of rotatable bonds is 2. The Hall–Kier alpha value is -2.71. The molecule has 9 heteroatoms. The van der Waals surface area contributed by atoms with E-state index >= 15 is 0 Å². The number of fused-ring (bicyclic) bond motifs is 1. The van der Waals surface area contributed by atoms with Gasteiger partial charge in [-0.2, -0.15) is 0 Å². The van der Waals surface area contributed by atoms with Crippen LogP contribution in [0.15, 0.2) is 15.8 Å². The van der Waals surface area contributed by atoms with Crippen molar-refractivity contribution in [2.75, 3.05) is 0 Å². The van der Waals surface area contributed by atoms with E-state index in [0.717, 1.165) is 0 Å². The van der Waals surface area contributed by atoms with Crippen molar-refractivity contribution in [1.82, 2.24) is 34.1 Å². The van der Waals surface area contributed by atoms with Crippen LogP contribution in [-0.4, -0.2) is 34.1 Å². The third-order valence-electron chi connectivity index (χ3n) is 3.27. The molecule has 0 radical (unpaired) electrons.